The van der Waals surface area contributed by atoms with Crippen molar-refractivity contribution in [1.29, 1.82) is 0 Å². The minimum atomic E-state index is -3.32. The van der Waals surface area contributed by atoms with Crippen LogP contribution in [0.3, 0.4) is 0 Å². The Labute approximate surface area is 113 Å². The number of nitrogens with one attached hydrogen (secondary N) is 1. The van der Waals surface area contributed by atoms with Crippen molar-refractivity contribution in [3.8, 4) is 0 Å². The van der Waals surface area contributed by atoms with Crippen molar-refractivity contribution in [2.24, 2.45) is 11.8 Å². The molecule has 1 aromatic rings. The van der Waals surface area contributed by atoms with Gasteiger partial charge >= 0.3 is 0 Å². The summed E-state index contributed by atoms with van der Waals surface area (Å²) in [4.78, 5) is 0.158. The summed E-state index contributed by atoms with van der Waals surface area (Å²) in [5.41, 5.74) is 5.65. The van der Waals surface area contributed by atoms with Crippen LogP contribution in [0.5, 0.6) is 0 Å². The van der Waals surface area contributed by atoms with Crippen LogP contribution < -0.4 is 11.1 Å². The third-order valence-corrected chi connectivity index (χ3v) is 5.83. The Morgan fingerprint density at radius 1 is 1.39 bits per heavy atom. The molecule has 0 fully saturated rings. The van der Waals surface area contributed by atoms with Gasteiger partial charge in [-0.05, 0) is 23.4 Å². The second-order valence-electron chi connectivity index (χ2n) is 4.73. The number of anilines is 2. The van der Waals surface area contributed by atoms with Crippen LogP contribution in [0, 0.1) is 11.8 Å². The highest BCUT2D eigenvalue weighted by atomic mass is 32.2. The summed E-state index contributed by atoms with van der Waals surface area (Å²) in [5, 5.41) is 3.71. The van der Waals surface area contributed by atoms with Crippen LogP contribution in [-0.2, 0) is 9.84 Å². The first-order valence-electron chi connectivity index (χ1n) is 6.01. The molecule has 1 unspecified atom stereocenters. The number of nitrogen functional groups attached to an aromatic ring is 1. The van der Waals surface area contributed by atoms with Gasteiger partial charge in [0.15, 0.2) is 15.7 Å². The number of aromatic nitrogens is 1. The van der Waals surface area contributed by atoms with Crippen LogP contribution in [0.4, 0.5) is 10.8 Å². The van der Waals surface area contributed by atoms with E-state index in [1.807, 2.05) is 0 Å². The summed E-state index contributed by atoms with van der Waals surface area (Å²) in [6.45, 7) is 8.71. The van der Waals surface area contributed by atoms with Crippen LogP contribution in [-0.4, -0.2) is 25.1 Å². The highest BCUT2D eigenvalue weighted by molar-refractivity contribution is 7.91. The average Bonchev–Trinajstić information content (AvgIpc) is 2.67. The second kappa shape index (κ2) is 5.88. The number of hydrogen-bond donors (Lipinski definition) is 2. The summed E-state index contributed by atoms with van der Waals surface area (Å²) >= 11 is 1.11. The van der Waals surface area contributed by atoms with Gasteiger partial charge in [0.05, 0.1) is 5.75 Å². The summed E-state index contributed by atoms with van der Waals surface area (Å²) in [5.74, 6) is 1.12. The number of rotatable bonds is 6. The molecule has 0 saturated heterocycles. The first-order chi connectivity index (χ1) is 8.29. The molecule has 7 heteroatoms. The molecule has 0 aliphatic carbocycles. The summed E-state index contributed by atoms with van der Waals surface area (Å²) in [7, 11) is -3.32. The van der Waals surface area contributed by atoms with E-state index in [0.717, 1.165) is 11.5 Å². The summed E-state index contributed by atoms with van der Waals surface area (Å²) in [6.07, 6.45) is 0. The lowest BCUT2D eigenvalue weighted by atomic mass is 9.98. The number of nitrogens with two attached hydrogens (primary N) is 1. The van der Waals surface area contributed by atoms with Gasteiger partial charge in [-0.2, -0.15) is 4.37 Å². The number of nitrogens with zero attached hydrogens (tertiary/aromatic N) is 1. The number of sulfone groups is 1. The Kier molecular flexibility index (Phi) is 4.98. The van der Waals surface area contributed by atoms with Crippen molar-refractivity contribution in [3.63, 3.8) is 0 Å². The Bertz CT molecular complexity index is 494. The molecule has 1 heterocycles. The predicted molar refractivity (Wildman–Crippen MR) is 76.7 cm³/mol. The molecule has 1 rings (SSSR count). The van der Waals surface area contributed by atoms with Gasteiger partial charge in [-0.1, -0.05) is 27.7 Å². The molecule has 0 radical (unpaired) electrons. The van der Waals surface area contributed by atoms with Gasteiger partial charge in [-0.3, -0.25) is 0 Å². The van der Waals surface area contributed by atoms with Gasteiger partial charge < -0.3 is 11.1 Å². The van der Waals surface area contributed by atoms with Crippen molar-refractivity contribution >= 4 is 32.2 Å². The molecule has 104 valence electrons. The van der Waals surface area contributed by atoms with Crippen LogP contribution in [0.2, 0.25) is 0 Å². The fourth-order valence-corrected chi connectivity index (χ4v) is 3.52. The largest absolute Gasteiger partial charge is 0.382 e. The first-order valence-corrected chi connectivity index (χ1v) is 8.44. The summed E-state index contributed by atoms with van der Waals surface area (Å²) in [6, 6.07) is 0. The van der Waals surface area contributed by atoms with E-state index in [1.165, 1.54) is 0 Å². The fraction of sp³-hybridized carbons (Fsp3) is 0.727. The Morgan fingerprint density at radius 2 is 2.00 bits per heavy atom. The van der Waals surface area contributed by atoms with Crippen molar-refractivity contribution in [2.75, 3.05) is 23.3 Å². The molecule has 0 amide bonds. The fourth-order valence-electron chi connectivity index (χ4n) is 1.34. The van der Waals surface area contributed by atoms with E-state index in [9.17, 15) is 8.42 Å². The third-order valence-electron chi connectivity index (χ3n) is 3.09. The molecule has 0 aromatic carbocycles. The molecule has 0 saturated carbocycles. The molecular formula is C11H21N3O2S2. The van der Waals surface area contributed by atoms with E-state index in [0.29, 0.717) is 23.4 Å². The Hall–Kier alpha value is -0.820. The van der Waals surface area contributed by atoms with Crippen LogP contribution in [0.25, 0.3) is 0 Å². The molecule has 18 heavy (non-hydrogen) atoms. The van der Waals surface area contributed by atoms with Crippen molar-refractivity contribution in [1.82, 2.24) is 4.37 Å². The molecule has 3 N–H and O–H groups in total. The molecule has 0 bridgehead atoms. The monoisotopic (exact) mass is 291 g/mol. The Balaban J connectivity index is 2.92. The first kappa shape index (κ1) is 15.2. The standard InChI is InChI=1S/C11H21N3O2S2/c1-5-18(15,16)9-10(12)14-17-11(9)13-6-8(4)7(2)3/h7-8,13H,5-6H2,1-4H3,(H2,12,14). The molecule has 0 aliphatic rings. The topological polar surface area (TPSA) is 85.1 Å². The van der Waals surface area contributed by atoms with Gasteiger partial charge in [-0.15, -0.1) is 0 Å². The smallest absolute Gasteiger partial charge is 0.184 e. The van der Waals surface area contributed by atoms with Crippen molar-refractivity contribution in [3.05, 3.63) is 0 Å². The molecule has 0 aliphatic heterocycles. The second-order valence-corrected chi connectivity index (χ2v) is 7.72. The van der Waals surface area contributed by atoms with E-state index < -0.39 is 9.84 Å². The quantitative estimate of drug-likeness (QED) is 0.839. The van der Waals surface area contributed by atoms with Crippen molar-refractivity contribution < 1.29 is 8.42 Å². The van der Waals surface area contributed by atoms with Crippen LogP contribution in [0.1, 0.15) is 27.7 Å². The SMILES string of the molecule is CCS(=O)(=O)c1c(N)nsc1NCC(C)C(C)C. The molecule has 5 nitrogen and oxygen atoms in total. The van der Waals surface area contributed by atoms with E-state index in [-0.39, 0.29) is 16.5 Å². The van der Waals surface area contributed by atoms with Crippen molar-refractivity contribution in [2.45, 2.75) is 32.6 Å². The maximum Gasteiger partial charge on any atom is 0.184 e. The van der Waals surface area contributed by atoms with E-state index in [1.54, 1.807) is 6.92 Å². The zero-order valence-corrected chi connectivity index (χ0v) is 12.9. The predicted octanol–water partition coefficient (Wildman–Crippen LogP) is 2.22. The minimum absolute atomic E-state index is 0.0318. The zero-order chi connectivity index (χ0) is 13.9. The van der Waals surface area contributed by atoms with E-state index >= 15 is 0 Å². The average molecular weight is 291 g/mol. The van der Waals surface area contributed by atoms with Gasteiger partial charge in [-0.25, -0.2) is 8.42 Å². The van der Waals surface area contributed by atoms with E-state index in [2.05, 4.69) is 30.5 Å². The van der Waals surface area contributed by atoms with Crippen LogP contribution >= 0.6 is 11.5 Å². The van der Waals surface area contributed by atoms with Gasteiger partial charge in [0, 0.05) is 6.54 Å². The normalized spacial score (nSPS) is 13.8. The lowest BCUT2D eigenvalue weighted by molar-refractivity contribution is 0.440. The van der Waals surface area contributed by atoms with Gasteiger partial charge in [0.25, 0.3) is 0 Å². The molecule has 1 atom stereocenters. The maximum atomic E-state index is 11.9. The van der Waals surface area contributed by atoms with Crippen LogP contribution in [0.15, 0.2) is 4.90 Å². The molecule has 0 spiro atoms. The highest BCUT2D eigenvalue weighted by Gasteiger charge is 2.24. The minimum Gasteiger partial charge on any atom is -0.382 e. The Morgan fingerprint density at radius 3 is 2.50 bits per heavy atom. The highest BCUT2D eigenvalue weighted by Crippen LogP contribution is 2.32. The molecular weight excluding hydrogens is 270 g/mol. The lowest BCUT2D eigenvalue weighted by Gasteiger charge is -2.16. The molecule has 1 aromatic heterocycles. The van der Waals surface area contributed by atoms with Gasteiger partial charge in [0.1, 0.15) is 9.90 Å². The summed E-state index contributed by atoms with van der Waals surface area (Å²) < 4.78 is 27.8. The lowest BCUT2D eigenvalue weighted by Crippen LogP contribution is -2.17. The maximum absolute atomic E-state index is 11.9. The zero-order valence-electron chi connectivity index (χ0n) is 11.2. The third kappa shape index (κ3) is 3.35. The van der Waals surface area contributed by atoms with Gasteiger partial charge in [0.2, 0.25) is 0 Å². The number of hydrogen-bond acceptors (Lipinski definition) is 6. The van der Waals surface area contributed by atoms with E-state index in [4.69, 9.17) is 5.73 Å².